The largest absolute Gasteiger partial charge is 0.340 e. The highest BCUT2D eigenvalue weighted by atomic mass is 127. The quantitative estimate of drug-likeness (QED) is 0.150. The molecule has 6 rings (SSSR count). The van der Waals surface area contributed by atoms with E-state index in [2.05, 4.69) is 87.6 Å². The number of hydrogen-bond acceptors (Lipinski definition) is 7. The maximum Gasteiger partial charge on any atom is 0.141 e. The lowest BCUT2D eigenvalue weighted by Crippen LogP contribution is -1.96. The van der Waals surface area contributed by atoms with E-state index in [0.29, 0.717) is 5.15 Å². The van der Waals surface area contributed by atoms with Gasteiger partial charge in [-0.3, -0.25) is 0 Å². The van der Waals surface area contributed by atoms with Crippen LogP contribution >= 0.6 is 68.1 Å². The van der Waals surface area contributed by atoms with Gasteiger partial charge in [-0.2, -0.15) is 0 Å². The number of aromatic nitrogens is 5. The van der Waals surface area contributed by atoms with Gasteiger partial charge in [-0.05, 0) is 99.8 Å². The Balaban J connectivity index is 0.000000162. The first-order valence-corrected chi connectivity index (χ1v) is 13.0. The first kappa shape index (κ1) is 22.6. The fourth-order valence-electron chi connectivity index (χ4n) is 3.20. The molecule has 0 bridgehead atoms. The molecule has 0 aliphatic heterocycles. The third-order valence-electron chi connectivity index (χ3n) is 4.74. The van der Waals surface area contributed by atoms with Gasteiger partial charge in [0.1, 0.15) is 23.6 Å². The summed E-state index contributed by atoms with van der Waals surface area (Å²) in [7, 11) is 0. The van der Waals surface area contributed by atoms with E-state index in [0.717, 1.165) is 46.0 Å². The number of halogens is 3. The van der Waals surface area contributed by atoms with Crippen molar-refractivity contribution >= 4 is 112 Å². The molecule has 0 saturated heterocycles. The highest BCUT2D eigenvalue weighted by Gasteiger charge is 2.06. The van der Waals surface area contributed by atoms with E-state index in [4.69, 9.17) is 11.6 Å². The van der Waals surface area contributed by atoms with Crippen molar-refractivity contribution in [2.24, 2.45) is 0 Å². The van der Waals surface area contributed by atoms with E-state index in [9.17, 15) is 0 Å². The van der Waals surface area contributed by atoms with Gasteiger partial charge in [0.05, 0.1) is 26.8 Å². The second-order valence-corrected chi connectivity index (χ2v) is 10.6. The van der Waals surface area contributed by atoms with Crippen LogP contribution in [0.15, 0.2) is 72.8 Å². The Hall–Kier alpha value is -2.22. The van der Waals surface area contributed by atoms with Crippen molar-refractivity contribution in [2.45, 2.75) is 0 Å². The van der Waals surface area contributed by atoms with E-state index in [1.165, 1.54) is 11.0 Å². The van der Waals surface area contributed by atoms with Gasteiger partial charge >= 0.3 is 0 Å². The molecule has 0 fully saturated rings. The van der Waals surface area contributed by atoms with E-state index in [-0.39, 0.29) is 0 Å². The molecule has 162 valence electrons. The number of rotatable bonds is 2. The summed E-state index contributed by atoms with van der Waals surface area (Å²) >= 11 is 12.0. The van der Waals surface area contributed by atoms with Crippen molar-refractivity contribution in [1.29, 1.82) is 0 Å². The van der Waals surface area contributed by atoms with Gasteiger partial charge in [-0.15, -0.1) is 11.3 Å². The van der Waals surface area contributed by atoms with Crippen molar-refractivity contribution in [3.05, 3.63) is 85.1 Å². The van der Waals surface area contributed by atoms with Gasteiger partial charge < -0.3 is 5.32 Å². The Labute approximate surface area is 225 Å². The molecular formula is C23H13ClI2N6S. The second-order valence-electron chi connectivity index (χ2n) is 6.87. The van der Waals surface area contributed by atoms with Crippen LogP contribution < -0.4 is 5.32 Å². The van der Waals surface area contributed by atoms with Crippen molar-refractivity contribution < 1.29 is 0 Å². The topological polar surface area (TPSA) is 76.5 Å². The molecule has 0 atom stereocenters. The summed E-state index contributed by atoms with van der Waals surface area (Å²) < 4.78 is 3.48. The second kappa shape index (κ2) is 9.95. The molecule has 1 N–H and O–H groups in total. The summed E-state index contributed by atoms with van der Waals surface area (Å²) in [5, 5.41) is 5.80. The highest BCUT2D eigenvalue weighted by Crippen LogP contribution is 2.27. The lowest BCUT2D eigenvalue weighted by Gasteiger charge is -2.08. The Morgan fingerprint density at radius 2 is 1.39 bits per heavy atom. The molecule has 10 heteroatoms. The van der Waals surface area contributed by atoms with Crippen molar-refractivity contribution in [3.63, 3.8) is 0 Å². The zero-order valence-corrected chi connectivity index (χ0v) is 22.6. The van der Waals surface area contributed by atoms with Crippen molar-refractivity contribution in [1.82, 2.24) is 24.9 Å². The summed E-state index contributed by atoms with van der Waals surface area (Å²) in [5.74, 6) is 0.813. The Kier molecular flexibility index (Phi) is 6.81. The molecular weight excluding hydrogens is 682 g/mol. The van der Waals surface area contributed by atoms with Gasteiger partial charge in [-0.1, -0.05) is 11.6 Å². The molecule has 0 amide bonds. The molecule has 6 nitrogen and oxygen atoms in total. The minimum Gasteiger partial charge on any atom is -0.340 e. The number of hydrogen-bond donors (Lipinski definition) is 1. The molecule has 0 aliphatic carbocycles. The summed E-state index contributed by atoms with van der Waals surface area (Å²) in [6.45, 7) is 0. The average molecular weight is 695 g/mol. The van der Waals surface area contributed by atoms with E-state index in [1.54, 1.807) is 17.7 Å². The molecule has 3 aromatic heterocycles. The molecule has 3 heterocycles. The summed E-state index contributed by atoms with van der Waals surface area (Å²) in [6, 6.07) is 18.2. The maximum atomic E-state index is 5.87. The van der Waals surface area contributed by atoms with E-state index >= 15 is 0 Å². The number of thiazole rings is 1. The van der Waals surface area contributed by atoms with Crippen LogP contribution in [0.4, 0.5) is 11.5 Å². The number of nitrogens with zero attached hydrogens (tertiary/aromatic N) is 5. The number of anilines is 2. The molecule has 0 unspecified atom stereocenters. The van der Waals surface area contributed by atoms with Crippen LogP contribution in [0.2, 0.25) is 5.15 Å². The van der Waals surface area contributed by atoms with Crippen LogP contribution in [0.3, 0.4) is 0 Å². The first-order chi connectivity index (χ1) is 16.1. The lowest BCUT2D eigenvalue weighted by molar-refractivity contribution is 1.22. The summed E-state index contributed by atoms with van der Waals surface area (Å²) in [5.41, 5.74) is 5.65. The smallest absolute Gasteiger partial charge is 0.141 e. The number of benzene rings is 3. The number of nitrogens with one attached hydrogen (secondary N) is 1. The molecule has 0 spiro atoms. The number of fused-ring (bicyclic) bond motifs is 3. The van der Waals surface area contributed by atoms with Gasteiger partial charge in [0.2, 0.25) is 0 Å². The minimum atomic E-state index is 0.513. The van der Waals surface area contributed by atoms with Gasteiger partial charge in [0.15, 0.2) is 0 Å². The maximum absolute atomic E-state index is 5.87. The third kappa shape index (κ3) is 5.15. The third-order valence-corrected chi connectivity index (χ3v) is 7.19. The monoisotopic (exact) mass is 694 g/mol. The molecule has 3 aromatic carbocycles. The standard InChI is InChI=1S/C15H9IN4S.C8H4ClIN2/c16-9-1-3-12-11(5-9)15(18-7-17-12)20-10-2-4-14-13(6-10)19-8-21-14;9-8-6-3-5(10)1-2-7(6)11-4-12-8/h1-8H,(H,17,18,20);1-4H. The molecule has 0 saturated carbocycles. The fraction of sp³-hybridized carbons (Fsp3) is 0. The van der Waals surface area contributed by atoms with E-state index in [1.807, 2.05) is 48.0 Å². The predicted octanol–water partition coefficient (Wildman–Crippen LogP) is 7.48. The fourth-order valence-corrected chi connectivity index (χ4v) is 5.03. The van der Waals surface area contributed by atoms with Crippen LogP contribution in [-0.4, -0.2) is 24.9 Å². The van der Waals surface area contributed by atoms with Crippen molar-refractivity contribution in [3.8, 4) is 0 Å². The first-order valence-electron chi connectivity index (χ1n) is 9.63. The Bertz CT molecular complexity index is 1610. The molecule has 6 aromatic rings. The zero-order valence-electron chi connectivity index (χ0n) is 16.7. The van der Waals surface area contributed by atoms with Gasteiger partial charge in [0.25, 0.3) is 0 Å². The highest BCUT2D eigenvalue weighted by molar-refractivity contribution is 14.1. The average Bonchev–Trinajstić information content (AvgIpc) is 3.29. The van der Waals surface area contributed by atoms with Gasteiger partial charge in [-0.25, -0.2) is 24.9 Å². The predicted molar refractivity (Wildman–Crippen MR) is 152 cm³/mol. The minimum absolute atomic E-state index is 0.513. The van der Waals surface area contributed by atoms with Crippen molar-refractivity contribution in [2.75, 3.05) is 5.32 Å². The summed E-state index contributed by atoms with van der Waals surface area (Å²) in [4.78, 5) is 21.0. The van der Waals surface area contributed by atoms with E-state index < -0.39 is 0 Å². The summed E-state index contributed by atoms with van der Waals surface area (Å²) in [6.07, 6.45) is 3.05. The normalized spacial score (nSPS) is 10.9. The zero-order chi connectivity index (χ0) is 22.8. The van der Waals surface area contributed by atoms with Gasteiger partial charge in [0, 0.05) is 23.6 Å². The van der Waals surface area contributed by atoms with Crippen LogP contribution in [0, 0.1) is 7.14 Å². The molecule has 0 radical (unpaired) electrons. The molecule has 33 heavy (non-hydrogen) atoms. The molecule has 0 aliphatic rings. The van der Waals surface area contributed by atoms with Crippen LogP contribution in [0.25, 0.3) is 32.0 Å². The van der Waals surface area contributed by atoms with Crippen LogP contribution in [0.1, 0.15) is 0 Å². The lowest BCUT2D eigenvalue weighted by atomic mass is 10.2. The SMILES string of the molecule is Clc1ncnc2ccc(I)cc12.Ic1ccc2ncnc(Nc3ccc4scnc4c3)c2c1. The van der Waals surface area contributed by atoms with Crippen LogP contribution in [-0.2, 0) is 0 Å². The van der Waals surface area contributed by atoms with Crippen LogP contribution in [0.5, 0.6) is 0 Å². The Morgan fingerprint density at radius 3 is 2.18 bits per heavy atom. The Morgan fingerprint density at radius 1 is 0.697 bits per heavy atom.